The highest BCUT2D eigenvalue weighted by molar-refractivity contribution is 6.30. The molecule has 4 heteroatoms. The summed E-state index contributed by atoms with van der Waals surface area (Å²) in [6.45, 7) is 3.04. The van der Waals surface area contributed by atoms with Crippen molar-refractivity contribution in [1.29, 1.82) is 0 Å². The standard InChI is InChI=1S/C22H23ClN2O/c1-2-25-14-20(18-8-3-4-9-21(18)25)19(13-22(26)24-17-10-11-17)15-6-5-7-16(23)12-15/h3-9,12,14,17,19H,2,10-11,13H2,1H3,(H,24,26)/t19-/m0/s1. The Bertz CT molecular complexity index is 942. The van der Waals surface area contributed by atoms with E-state index >= 15 is 0 Å². The first-order chi connectivity index (χ1) is 12.7. The minimum atomic E-state index is -0.00912. The summed E-state index contributed by atoms with van der Waals surface area (Å²) in [5, 5.41) is 5.04. The fraction of sp³-hybridized carbons (Fsp3) is 0.318. The van der Waals surface area contributed by atoms with Crippen LogP contribution in [-0.4, -0.2) is 16.5 Å². The van der Waals surface area contributed by atoms with Gasteiger partial charge in [-0.05, 0) is 49.1 Å². The lowest BCUT2D eigenvalue weighted by molar-refractivity contribution is -0.121. The molecule has 4 rings (SSSR count). The second-order valence-electron chi connectivity index (χ2n) is 7.04. The van der Waals surface area contributed by atoms with Crippen molar-refractivity contribution in [3.63, 3.8) is 0 Å². The van der Waals surface area contributed by atoms with Crippen molar-refractivity contribution in [2.24, 2.45) is 0 Å². The van der Waals surface area contributed by atoms with Crippen molar-refractivity contribution in [2.75, 3.05) is 0 Å². The third kappa shape index (κ3) is 3.49. The van der Waals surface area contributed by atoms with Crippen LogP contribution >= 0.6 is 11.6 Å². The van der Waals surface area contributed by atoms with E-state index in [2.05, 4.69) is 53.3 Å². The van der Waals surface area contributed by atoms with Gasteiger partial charge in [-0.2, -0.15) is 0 Å². The van der Waals surface area contributed by atoms with Gasteiger partial charge in [0.25, 0.3) is 0 Å². The number of para-hydroxylation sites is 1. The largest absolute Gasteiger partial charge is 0.353 e. The fourth-order valence-corrected chi connectivity index (χ4v) is 3.84. The smallest absolute Gasteiger partial charge is 0.221 e. The third-order valence-electron chi connectivity index (χ3n) is 5.12. The second-order valence-corrected chi connectivity index (χ2v) is 7.48. The van der Waals surface area contributed by atoms with Crippen LogP contribution < -0.4 is 5.32 Å². The highest BCUT2D eigenvalue weighted by Crippen LogP contribution is 2.36. The molecule has 1 N–H and O–H groups in total. The maximum absolute atomic E-state index is 12.6. The van der Waals surface area contributed by atoms with Crippen molar-refractivity contribution >= 4 is 28.4 Å². The van der Waals surface area contributed by atoms with E-state index in [9.17, 15) is 4.79 Å². The predicted molar refractivity (Wildman–Crippen MR) is 107 cm³/mol. The SMILES string of the molecule is CCn1cc([C@@H](CC(=O)NC2CC2)c2cccc(Cl)c2)c2ccccc21. The molecule has 0 aliphatic heterocycles. The number of fused-ring (bicyclic) bond motifs is 1. The van der Waals surface area contributed by atoms with Gasteiger partial charge in [-0.15, -0.1) is 0 Å². The molecule has 0 radical (unpaired) electrons. The summed E-state index contributed by atoms with van der Waals surface area (Å²) in [6.07, 6.45) is 4.83. The van der Waals surface area contributed by atoms with Crippen molar-refractivity contribution in [3.05, 3.63) is 70.9 Å². The van der Waals surface area contributed by atoms with E-state index in [1.165, 1.54) is 16.5 Å². The molecule has 3 nitrogen and oxygen atoms in total. The Morgan fingerprint density at radius 1 is 1.23 bits per heavy atom. The lowest BCUT2D eigenvalue weighted by Crippen LogP contribution is -2.27. The maximum Gasteiger partial charge on any atom is 0.221 e. The van der Waals surface area contributed by atoms with Gasteiger partial charge in [0.05, 0.1) is 0 Å². The molecule has 2 aromatic carbocycles. The summed E-state index contributed by atoms with van der Waals surface area (Å²) in [5.74, 6) is 0.107. The average Bonchev–Trinajstić information content (AvgIpc) is 3.38. The molecule has 0 unspecified atom stereocenters. The van der Waals surface area contributed by atoms with Crippen LogP contribution in [0.2, 0.25) is 5.02 Å². The summed E-state index contributed by atoms with van der Waals surface area (Å²) in [5.41, 5.74) is 3.48. The molecule has 1 heterocycles. The summed E-state index contributed by atoms with van der Waals surface area (Å²) in [6, 6.07) is 16.7. The molecule has 1 aliphatic rings. The second kappa shape index (κ2) is 7.16. The fourth-order valence-electron chi connectivity index (χ4n) is 3.64. The van der Waals surface area contributed by atoms with Crippen LogP contribution in [0.3, 0.4) is 0 Å². The zero-order chi connectivity index (χ0) is 18.1. The normalized spacial score (nSPS) is 15.2. The monoisotopic (exact) mass is 366 g/mol. The number of carbonyl (C=O) groups is 1. The number of halogens is 1. The first-order valence-corrected chi connectivity index (χ1v) is 9.66. The quantitative estimate of drug-likeness (QED) is 0.645. The molecule has 1 amide bonds. The molecule has 134 valence electrons. The molecular formula is C22H23ClN2O. The Hall–Kier alpha value is -2.26. The molecule has 1 atom stereocenters. The number of rotatable bonds is 6. The van der Waals surface area contributed by atoms with Crippen LogP contribution in [0.25, 0.3) is 10.9 Å². The van der Waals surface area contributed by atoms with Crippen LogP contribution in [0.1, 0.15) is 43.2 Å². The van der Waals surface area contributed by atoms with Crippen molar-refractivity contribution in [1.82, 2.24) is 9.88 Å². The minimum Gasteiger partial charge on any atom is -0.353 e. The van der Waals surface area contributed by atoms with Crippen molar-refractivity contribution in [3.8, 4) is 0 Å². The number of hydrogen-bond donors (Lipinski definition) is 1. The molecule has 0 spiro atoms. The summed E-state index contributed by atoms with van der Waals surface area (Å²) in [7, 11) is 0. The van der Waals surface area contributed by atoms with E-state index in [1.54, 1.807) is 0 Å². The minimum absolute atomic E-state index is 0.00912. The topological polar surface area (TPSA) is 34.0 Å². The van der Waals surface area contributed by atoms with E-state index in [1.807, 2.05) is 18.2 Å². The van der Waals surface area contributed by atoms with E-state index in [-0.39, 0.29) is 11.8 Å². The molecule has 1 fully saturated rings. The van der Waals surface area contributed by atoms with Crippen LogP contribution in [0.5, 0.6) is 0 Å². The van der Waals surface area contributed by atoms with Gasteiger partial charge in [-0.25, -0.2) is 0 Å². The summed E-state index contributed by atoms with van der Waals surface area (Å²) in [4.78, 5) is 12.6. The highest BCUT2D eigenvalue weighted by atomic mass is 35.5. The zero-order valence-electron chi connectivity index (χ0n) is 14.9. The number of aryl methyl sites for hydroxylation is 1. The van der Waals surface area contributed by atoms with Crippen LogP contribution in [-0.2, 0) is 11.3 Å². The van der Waals surface area contributed by atoms with Gasteiger partial charge in [0.2, 0.25) is 5.91 Å². The van der Waals surface area contributed by atoms with Gasteiger partial charge < -0.3 is 9.88 Å². The van der Waals surface area contributed by atoms with Gasteiger partial charge in [0.1, 0.15) is 0 Å². The van der Waals surface area contributed by atoms with Gasteiger partial charge in [-0.3, -0.25) is 4.79 Å². The van der Waals surface area contributed by atoms with Crippen molar-refractivity contribution in [2.45, 2.75) is 44.7 Å². The molecule has 1 aliphatic carbocycles. The number of nitrogens with one attached hydrogen (secondary N) is 1. The molecule has 0 bridgehead atoms. The number of hydrogen-bond acceptors (Lipinski definition) is 1. The predicted octanol–water partition coefficient (Wildman–Crippen LogP) is 5.12. The zero-order valence-corrected chi connectivity index (χ0v) is 15.7. The average molecular weight is 367 g/mol. The maximum atomic E-state index is 12.6. The van der Waals surface area contributed by atoms with E-state index in [0.29, 0.717) is 17.5 Å². The highest BCUT2D eigenvalue weighted by Gasteiger charge is 2.27. The molecule has 0 saturated heterocycles. The molecule has 3 aromatic rings. The lowest BCUT2D eigenvalue weighted by atomic mass is 9.88. The first-order valence-electron chi connectivity index (χ1n) is 9.28. The van der Waals surface area contributed by atoms with E-state index in [4.69, 9.17) is 11.6 Å². The lowest BCUT2D eigenvalue weighted by Gasteiger charge is -2.17. The summed E-state index contributed by atoms with van der Waals surface area (Å²) >= 11 is 6.25. The van der Waals surface area contributed by atoms with Crippen LogP contribution in [0.4, 0.5) is 0 Å². The van der Waals surface area contributed by atoms with E-state index in [0.717, 1.165) is 24.9 Å². The summed E-state index contributed by atoms with van der Waals surface area (Å²) < 4.78 is 2.25. The number of nitrogens with zero attached hydrogens (tertiary/aromatic N) is 1. The van der Waals surface area contributed by atoms with Gasteiger partial charge in [0.15, 0.2) is 0 Å². The Morgan fingerprint density at radius 2 is 2.04 bits per heavy atom. The first kappa shape index (κ1) is 17.2. The van der Waals surface area contributed by atoms with Crippen molar-refractivity contribution < 1.29 is 4.79 Å². The number of benzene rings is 2. The number of aromatic nitrogens is 1. The number of amides is 1. The Kier molecular flexibility index (Phi) is 4.73. The Labute approximate surface area is 159 Å². The van der Waals surface area contributed by atoms with Gasteiger partial charge in [-0.1, -0.05) is 41.9 Å². The third-order valence-corrected chi connectivity index (χ3v) is 5.35. The number of carbonyl (C=O) groups excluding carboxylic acids is 1. The van der Waals surface area contributed by atoms with Gasteiger partial charge >= 0.3 is 0 Å². The van der Waals surface area contributed by atoms with E-state index < -0.39 is 0 Å². The van der Waals surface area contributed by atoms with Gasteiger partial charge in [0, 0.05) is 47.0 Å². The van der Waals surface area contributed by atoms with Crippen LogP contribution in [0, 0.1) is 0 Å². The molecule has 26 heavy (non-hydrogen) atoms. The Morgan fingerprint density at radius 3 is 2.77 bits per heavy atom. The Balaban J connectivity index is 1.78. The van der Waals surface area contributed by atoms with Crippen LogP contribution in [0.15, 0.2) is 54.7 Å². The molecule has 1 aromatic heterocycles. The molecular weight excluding hydrogens is 344 g/mol. The molecule has 1 saturated carbocycles.